The molecule has 0 aliphatic carbocycles. The maximum atomic E-state index is 3.88. The van der Waals surface area contributed by atoms with E-state index in [1.54, 1.807) is 6.08 Å². The number of nitrogens with zero attached hydrogens (tertiary/aromatic N) is 1. The summed E-state index contributed by atoms with van der Waals surface area (Å²) in [6.45, 7) is 13.9. The first-order valence-corrected chi connectivity index (χ1v) is 4.47. The lowest BCUT2D eigenvalue weighted by atomic mass is 10.2. The third kappa shape index (κ3) is 4.31. The molecule has 13 heavy (non-hydrogen) atoms. The van der Waals surface area contributed by atoms with E-state index < -0.39 is 0 Å². The number of rotatable bonds is 7. The van der Waals surface area contributed by atoms with Gasteiger partial charge in [-0.25, -0.2) is 0 Å². The van der Waals surface area contributed by atoms with E-state index in [1.165, 1.54) is 0 Å². The second-order valence-electron chi connectivity index (χ2n) is 2.65. The molecule has 2 heteroatoms. The summed E-state index contributed by atoms with van der Waals surface area (Å²) in [7, 11) is 0. The molecule has 0 bridgehead atoms. The second kappa shape index (κ2) is 7.35. The Morgan fingerprint density at radius 2 is 2.15 bits per heavy atom. The fourth-order valence-electron chi connectivity index (χ4n) is 0.971. The van der Waals surface area contributed by atoms with Gasteiger partial charge in [-0.3, -0.25) is 4.99 Å². The molecule has 0 amide bonds. The van der Waals surface area contributed by atoms with Crippen molar-refractivity contribution in [1.29, 1.82) is 0 Å². The molecule has 0 aliphatic rings. The SMILES string of the molecule is C=CC/C(NCCC)=C(\C=C)N=C. The van der Waals surface area contributed by atoms with Crippen molar-refractivity contribution in [3.63, 3.8) is 0 Å². The Morgan fingerprint density at radius 1 is 1.46 bits per heavy atom. The van der Waals surface area contributed by atoms with Crippen LogP contribution in [0.4, 0.5) is 0 Å². The fraction of sp³-hybridized carbons (Fsp3) is 0.364. The molecule has 0 fully saturated rings. The summed E-state index contributed by atoms with van der Waals surface area (Å²) in [4.78, 5) is 3.88. The van der Waals surface area contributed by atoms with Gasteiger partial charge in [0.05, 0.1) is 5.70 Å². The Labute approximate surface area is 80.8 Å². The van der Waals surface area contributed by atoms with Crippen molar-refractivity contribution < 1.29 is 0 Å². The topological polar surface area (TPSA) is 24.4 Å². The van der Waals surface area contributed by atoms with E-state index in [9.17, 15) is 0 Å². The highest BCUT2D eigenvalue weighted by molar-refractivity contribution is 5.35. The lowest BCUT2D eigenvalue weighted by Crippen LogP contribution is -2.15. The van der Waals surface area contributed by atoms with Crippen LogP contribution in [-0.2, 0) is 0 Å². The largest absolute Gasteiger partial charge is 0.386 e. The Balaban J connectivity index is 4.51. The molecular formula is C11H18N2. The molecule has 2 nitrogen and oxygen atoms in total. The van der Waals surface area contributed by atoms with Crippen LogP contribution in [0, 0.1) is 0 Å². The highest BCUT2D eigenvalue weighted by Crippen LogP contribution is 2.08. The van der Waals surface area contributed by atoms with Crippen molar-refractivity contribution in [2.45, 2.75) is 19.8 Å². The van der Waals surface area contributed by atoms with Gasteiger partial charge in [-0.2, -0.15) is 0 Å². The molecule has 0 aliphatic heterocycles. The van der Waals surface area contributed by atoms with Gasteiger partial charge in [0.15, 0.2) is 0 Å². The van der Waals surface area contributed by atoms with Crippen LogP contribution in [0.2, 0.25) is 0 Å². The van der Waals surface area contributed by atoms with Crippen molar-refractivity contribution >= 4 is 6.72 Å². The van der Waals surface area contributed by atoms with Gasteiger partial charge in [0.25, 0.3) is 0 Å². The smallest absolute Gasteiger partial charge is 0.0808 e. The third-order valence-electron chi connectivity index (χ3n) is 1.61. The van der Waals surface area contributed by atoms with Crippen molar-refractivity contribution in [1.82, 2.24) is 5.32 Å². The molecule has 0 spiro atoms. The van der Waals surface area contributed by atoms with Crippen LogP contribution in [0.1, 0.15) is 19.8 Å². The molecule has 1 N–H and O–H groups in total. The van der Waals surface area contributed by atoms with Crippen molar-refractivity contribution in [3.8, 4) is 0 Å². The van der Waals surface area contributed by atoms with Gasteiger partial charge in [0.2, 0.25) is 0 Å². The Kier molecular flexibility index (Phi) is 6.60. The van der Waals surface area contributed by atoms with Crippen LogP contribution in [0.25, 0.3) is 0 Å². The van der Waals surface area contributed by atoms with Gasteiger partial charge in [0, 0.05) is 18.7 Å². The molecule has 0 heterocycles. The van der Waals surface area contributed by atoms with Gasteiger partial charge in [-0.15, -0.1) is 6.58 Å². The zero-order valence-electron chi connectivity index (χ0n) is 8.34. The standard InChI is InChI=1S/C11H18N2/c1-5-8-11(13-9-6-2)10(7-3)12-4/h5,7,13H,1,3-4,6,8-9H2,2H3/b11-10-. The monoisotopic (exact) mass is 178 g/mol. The first kappa shape index (κ1) is 11.7. The van der Waals surface area contributed by atoms with Gasteiger partial charge >= 0.3 is 0 Å². The van der Waals surface area contributed by atoms with Crippen molar-refractivity contribution in [2.75, 3.05) is 6.54 Å². The quantitative estimate of drug-likeness (QED) is 0.362. The van der Waals surface area contributed by atoms with E-state index >= 15 is 0 Å². The molecule has 0 radical (unpaired) electrons. The third-order valence-corrected chi connectivity index (χ3v) is 1.61. The first-order valence-electron chi connectivity index (χ1n) is 4.47. The Bertz CT molecular complexity index is 204. The average molecular weight is 178 g/mol. The van der Waals surface area contributed by atoms with Gasteiger partial charge in [-0.1, -0.05) is 19.6 Å². The summed E-state index contributed by atoms with van der Waals surface area (Å²) in [6.07, 6.45) is 5.41. The predicted octanol–water partition coefficient (Wildman–Crippen LogP) is 2.66. The minimum absolute atomic E-state index is 0.778. The zero-order valence-corrected chi connectivity index (χ0v) is 8.34. The van der Waals surface area contributed by atoms with Crippen LogP contribution in [0.3, 0.4) is 0 Å². The summed E-state index contributed by atoms with van der Waals surface area (Å²) in [6, 6.07) is 0. The molecule has 0 atom stereocenters. The molecule has 0 aromatic carbocycles. The molecular weight excluding hydrogens is 160 g/mol. The summed E-state index contributed by atoms with van der Waals surface area (Å²) in [5.74, 6) is 0. The number of hydrogen-bond donors (Lipinski definition) is 1. The molecule has 0 aromatic rings. The number of allylic oxidation sites excluding steroid dienone is 2. The van der Waals surface area contributed by atoms with Crippen LogP contribution in [0.15, 0.2) is 41.7 Å². The van der Waals surface area contributed by atoms with Crippen LogP contribution in [0.5, 0.6) is 0 Å². The molecule has 0 aromatic heterocycles. The molecule has 0 rings (SSSR count). The van der Waals surface area contributed by atoms with Gasteiger partial charge < -0.3 is 5.32 Å². The summed E-state index contributed by atoms with van der Waals surface area (Å²) >= 11 is 0. The second-order valence-corrected chi connectivity index (χ2v) is 2.65. The highest BCUT2D eigenvalue weighted by atomic mass is 14.9. The lowest BCUT2D eigenvalue weighted by Gasteiger charge is -2.09. The summed E-state index contributed by atoms with van der Waals surface area (Å²) < 4.78 is 0. The van der Waals surface area contributed by atoms with Crippen LogP contribution in [-0.4, -0.2) is 13.3 Å². The Hall–Kier alpha value is -1.31. The van der Waals surface area contributed by atoms with E-state index in [2.05, 4.69) is 37.1 Å². The summed E-state index contributed by atoms with van der Waals surface area (Å²) in [5, 5.41) is 3.28. The first-order chi connectivity index (χ1) is 6.29. The zero-order chi connectivity index (χ0) is 10.1. The van der Waals surface area contributed by atoms with Gasteiger partial charge in [-0.05, 0) is 19.2 Å². The minimum Gasteiger partial charge on any atom is -0.386 e. The highest BCUT2D eigenvalue weighted by Gasteiger charge is 1.98. The number of hydrogen-bond acceptors (Lipinski definition) is 2. The maximum Gasteiger partial charge on any atom is 0.0808 e. The fourth-order valence-corrected chi connectivity index (χ4v) is 0.971. The van der Waals surface area contributed by atoms with Crippen LogP contribution < -0.4 is 5.32 Å². The normalized spacial score (nSPS) is 11.5. The van der Waals surface area contributed by atoms with E-state index in [4.69, 9.17) is 0 Å². The average Bonchev–Trinajstić information content (AvgIpc) is 2.16. The lowest BCUT2D eigenvalue weighted by molar-refractivity contribution is 0.746. The van der Waals surface area contributed by atoms with Crippen molar-refractivity contribution in [3.05, 3.63) is 36.7 Å². The molecule has 72 valence electrons. The predicted molar refractivity (Wildman–Crippen MR) is 59.9 cm³/mol. The number of aliphatic imine (C=N–C) groups is 1. The molecule has 0 saturated carbocycles. The molecule has 0 unspecified atom stereocenters. The van der Waals surface area contributed by atoms with E-state index in [0.29, 0.717) is 0 Å². The maximum absolute atomic E-state index is 3.88. The van der Waals surface area contributed by atoms with Gasteiger partial charge in [0.1, 0.15) is 0 Å². The van der Waals surface area contributed by atoms with Crippen LogP contribution >= 0.6 is 0 Å². The minimum atomic E-state index is 0.778. The van der Waals surface area contributed by atoms with Crippen molar-refractivity contribution in [2.24, 2.45) is 4.99 Å². The summed E-state index contributed by atoms with van der Waals surface area (Å²) in [5.41, 5.74) is 1.86. The van der Waals surface area contributed by atoms with E-state index in [0.717, 1.165) is 30.8 Å². The van der Waals surface area contributed by atoms with E-state index in [-0.39, 0.29) is 0 Å². The Morgan fingerprint density at radius 3 is 2.54 bits per heavy atom. The number of nitrogens with one attached hydrogen (secondary N) is 1. The van der Waals surface area contributed by atoms with E-state index in [1.807, 2.05) is 6.08 Å². The molecule has 0 saturated heterocycles.